The highest BCUT2D eigenvalue weighted by Gasteiger charge is 2.25. The van der Waals surface area contributed by atoms with Crippen LogP contribution in [0.25, 0.3) is 0 Å². The average Bonchev–Trinajstić information content (AvgIpc) is 2.91. The van der Waals surface area contributed by atoms with Crippen LogP contribution in [-0.2, 0) is 19.8 Å². The van der Waals surface area contributed by atoms with Crippen LogP contribution in [-0.4, -0.2) is 22.1 Å². The lowest BCUT2D eigenvalue weighted by Gasteiger charge is -2.37. The van der Waals surface area contributed by atoms with Gasteiger partial charge in [0.25, 0.3) is 0 Å². The first-order valence-electron chi connectivity index (χ1n) is 12.8. The molecule has 1 atom stereocenters. The third-order valence-electron chi connectivity index (χ3n) is 6.34. The quantitative estimate of drug-likeness (QED) is 0.239. The predicted octanol–water partition coefficient (Wildman–Crippen LogP) is 7.18. The monoisotopic (exact) mass is 495 g/mol. The molecule has 0 radical (unpaired) electrons. The van der Waals surface area contributed by atoms with E-state index in [4.69, 9.17) is 9.47 Å². The van der Waals surface area contributed by atoms with Crippen molar-refractivity contribution in [3.63, 3.8) is 0 Å². The van der Waals surface area contributed by atoms with Crippen molar-refractivity contribution in [1.29, 1.82) is 0 Å². The molecule has 0 amide bonds. The molecular weight excluding hydrogens is 458 g/mol. The fourth-order valence-corrected chi connectivity index (χ4v) is 4.13. The van der Waals surface area contributed by atoms with Crippen LogP contribution >= 0.6 is 0 Å². The topological polar surface area (TPSA) is 41.9 Å². The number of nitrogens with zero attached hydrogens (tertiary/aromatic N) is 1. The Hall–Kier alpha value is -3.60. The molecule has 4 nitrogen and oxygen atoms in total. The van der Waals surface area contributed by atoms with Crippen LogP contribution in [0, 0.1) is 0 Å². The van der Waals surface area contributed by atoms with Gasteiger partial charge in [-0.3, -0.25) is 4.90 Å². The SMILES string of the molecule is CC(C)(C)N(Cc1ccccc1)C[C@@H](O)c1cc(OCc2ccccc2)cc(OCc2ccccc2)c1. The van der Waals surface area contributed by atoms with E-state index < -0.39 is 6.10 Å². The van der Waals surface area contributed by atoms with E-state index in [1.165, 1.54) is 5.56 Å². The summed E-state index contributed by atoms with van der Waals surface area (Å²) in [5, 5.41) is 11.4. The highest BCUT2D eigenvalue weighted by molar-refractivity contribution is 5.40. The van der Waals surface area contributed by atoms with Crippen LogP contribution in [0.4, 0.5) is 0 Å². The Bertz CT molecular complexity index is 1160. The maximum absolute atomic E-state index is 11.4. The first-order chi connectivity index (χ1) is 17.9. The van der Waals surface area contributed by atoms with E-state index in [1.54, 1.807) is 0 Å². The van der Waals surface area contributed by atoms with E-state index in [1.807, 2.05) is 84.9 Å². The Morgan fingerprint density at radius 1 is 0.649 bits per heavy atom. The van der Waals surface area contributed by atoms with Crippen LogP contribution in [0.1, 0.15) is 49.1 Å². The molecule has 4 heteroatoms. The average molecular weight is 496 g/mol. The fraction of sp³-hybridized carbons (Fsp3) is 0.273. The Labute approximate surface area is 221 Å². The summed E-state index contributed by atoms with van der Waals surface area (Å²) in [6.07, 6.45) is -0.706. The molecular formula is C33H37NO3. The molecule has 0 heterocycles. The second kappa shape index (κ2) is 12.6. The Balaban J connectivity index is 1.54. The lowest BCUT2D eigenvalue weighted by molar-refractivity contribution is 0.0520. The van der Waals surface area contributed by atoms with Gasteiger partial charge in [-0.1, -0.05) is 91.0 Å². The van der Waals surface area contributed by atoms with Gasteiger partial charge in [0.2, 0.25) is 0 Å². The highest BCUT2D eigenvalue weighted by atomic mass is 16.5. The summed E-state index contributed by atoms with van der Waals surface area (Å²) in [5.41, 5.74) is 4.04. The molecule has 0 saturated carbocycles. The van der Waals surface area contributed by atoms with Crippen molar-refractivity contribution in [3.8, 4) is 11.5 Å². The van der Waals surface area contributed by atoms with Crippen LogP contribution in [0.2, 0.25) is 0 Å². The maximum Gasteiger partial charge on any atom is 0.123 e. The van der Waals surface area contributed by atoms with Gasteiger partial charge in [0.05, 0.1) is 6.10 Å². The van der Waals surface area contributed by atoms with E-state index in [9.17, 15) is 5.11 Å². The van der Waals surface area contributed by atoms with Gasteiger partial charge in [0, 0.05) is 24.7 Å². The first kappa shape index (κ1) is 26.5. The summed E-state index contributed by atoms with van der Waals surface area (Å²) in [5.74, 6) is 1.35. The zero-order chi connectivity index (χ0) is 26.1. The molecule has 4 rings (SSSR count). The molecule has 0 fully saturated rings. The number of benzene rings is 4. The number of ether oxygens (including phenoxy) is 2. The predicted molar refractivity (Wildman–Crippen MR) is 150 cm³/mol. The summed E-state index contributed by atoms with van der Waals surface area (Å²) >= 11 is 0. The van der Waals surface area contributed by atoms with Gasteiger partial charge in [-0.25, -0.2) is 0 Å². The van der Waals surface area contributed by atoms with E-state index in [2.05, 4.69) is 49.9 Å². The molecule has 4 aromatic carbocycles. The zero-order valence-corrected chi connectivity index (χ0v) is 22.0. The molecule has 0 aromatic heterocycles. The molecule has 4 aromatic rings. The third kappa shape index (κ3) is 8.21. The van der Waals surface area contributed by atoms with Gasteiger partial charge in [0.1, 0.15) is 24.7 Å². The minimum Gasteiger partial charge on any atom is -0.489 e. The molecule has 0 unspecified atom stereocenters. The van der Waals surface area contributed by atoms with Crippen molar-refractivity contribution in [1.82, 2.24) is 4.90 Å². The van der Waals surface area contributed by atoms with Crippen molar-refractivity contribution >= 4 is 0 Å². The molecule has 37 heavy (non-hydrogen) atoms. The molecule has 0 bridgehead atoms. The maximum atomic E-state index is 11.4. The van der Waals surface area contributed by atoms with Crippen molar-refractivity contribution in [2.75, 3.05) is 6.54 Å². The minimum absolute atomic E-state index is 0.120. The Morgan fingerprint density at radius 2 is 1.08 bits per heavy atom. The van der Waals surface area contributed by atoms with Gasteiger partial charge >= 0.3 is 0 Å². The smallest absolute Gasteiger partial charge is 0.123 e. The van der Waals surface area contributed by atoms with E-state index in [0.717, 1.165) is 23.2 Å². The summed E-state index contributed by atoms with van der Waals surface area (Å²) in [6, 6.07) is 36.3. The summed E-state index contributed by atoms with van der Waals surface area (Å²) in [4.78, 5) is 2.30. The standard InChI is InChI=1S/C33H37NO3/c1-33(2,3)34(22-26-13-7-4-8-14-26)23-32(35)29-19-30(36-24-27-15-9-5-10-16-27)21-31(20-29)37-25-28-17-11-6-12-18-28/h4-21,32,35H,22-25H2,1-3H3/t32-/m1/s1. The Kier molecular flexibility index (Phi) is 8.99. The summed E-state index contributed by atoms with van der Waals surface area (Å²) in [6.45, 7) is 8.66. The van der Waals surface area contributed by atoms with E-state index in [-0.39, 0.29) is 5.54 Å². The third-order valence-corrected chi connectivity index (χ3v) is 6.34. The number of hydrogen-bond acceptors (Lipinski definition) is 4. The van der Waals surface area contributed by atoms with Crippen molar-refractivity contribution in [2.45, 2.75) is 52.2 Å². The summed E-state index contributed by atoms with van der Waals surface area (Å²) < 4.78 is 12.3. The number of β-amino-alcohol motifs (C(OH)–C–C–N with tert-alkyl or cyclic N) is 1. The van der Waals surface area contributed by atoms with Crippen molar-refractivity contribution in [3.05, 3.63) is 131 Å². The molecule has 0 saturated heterocycles. The molecule has 0 aliphatic carbocycles. The van der Waals surface area contributed by atoms with Crippen LogP contribution in [0.3, 0.4) is 0 Å². The second-order valence-electron chi connectivity index (χ2n) is 10.3. The van der Waals surface area contributed by atoms with Crippen LogP contribution in [0.5, 0.6) is 11.5 Å². The number of aliphatic hydroxyl groups is 1. The lowest BCUT2D eigenvalue weighted by atomic mass is 10.0. The number of hydrogen-bond donors (Lipinski definition) is 1. The number of rotatable bonds is 11. The van der Waals surface area contributed by atoms with Crippen LogP contribution in [0.15, 0.2) is 109 Å². The normalized spacial score (nSPS) is 12.4. The lowest BCUT2D eigenvalue weighted by Crippen LogP contribution is -2.43. The molecule has 0 spiro atoms. The van der Waals surface area contributed by atoms with Crippen LogP contribution < -0.4 is 9.47 Å². The van der Waals surface area contributed by atoms with Crippen molar-refractivity contribution < 1.29 is 14.6 Å². The fourth-order valence-electron chi connectivity index (χ4n) is 4.13. The van der Waals surface area contributed by atoms with Gasteiger partial charge in [-0.2, -0.15) is 0 Å². The van der Waals surface area contributed by atoms with Gasteiger partial charge in [-0.05, 0) is 55.2 Å². The van der Waals surface area contributed by atoms with Gasteiger partial charge in [0.15, 0.2) is 0 Å². The van der Waals surface area contributed by atoms with E-state index >= 15 is 0 Å². The molecule has 192 valence electrons. The van der Waals surface area contributed by atoms with Gasteiger partial charge in [-0.15, -0.1) is 0 Å². The minimum atomic E-state index is -0.706. The molecule has 0 aliphatic rings. The largest absolute Gasteiger partial charge is 0.489 e. The first-order valence-corrected chi connectivity index (χ1v) is 12.8. The van der Waals surface area contributed by atoms with Crippen molar-refractivity contribution in [2.24, 2.45) is 0 Å². The zero-order valence-electron chi connectivity index (χ0n) is 22.0. The second-order valence-corrected chi connectivity index (χ2v) is 10.3. The molecule has 0 aliphatic heterocycles. The highest BCUT2D eigenvalue weighted by Crippen LogP contribution is 2.30. The molecule has 1 N–H and O–H groups in total. The van der Waals surface area contributed by atoms with E-state index in [0.29, 0.717) is 31.3 Å². The Morgan fingerprint density at radius 3 is 1.51 bits per heavy atom. The number of aliphatic hydroxyl groups excluding tert-OH is 1. The van der Waals surface area contributed by atoms with Gasteiger partial charge < -0.3 is 14.6 Å². The summed E-state index contributed by atoms with van der Waals surface area (Å²) in [7, 11) is 0.